The van der Waals surface area contributed by atoms with Crippen molar-refractivity contribution in [1.29, 1.82) is 0 Å². The molecule has 2 aromatic heterocycles. The largest absolute Gasteiger partial charge is 0.461 e. The summed E-state index contributed by atoms with van der Waals surface area (Å²) < 4.78 is 6.51. The lowest BCUT2D eigenvalue weighted by Gasteiger charge is -2.03. The monoisotopic (exact) mass is 235 g/mol. The van der Waals surface area contributed by atoms with Crippen LogP contribution in [0.2, 0.25) is 0 Å². The minimum absolute atomic E-state index is 0.130. The van der Waals surface area contributed by atoms with Crippen molar-refractivity contribution < 1.29 is 9.53 Å². The van der Waals surface area contributed by atoms with E-state index >= 15 is 0 Å². The van der Waals surface area contributed by atoms with Crippen LogP contribution in [0.4, 0.5) is 5.82 Å². The maximum absolute atomic E-state index is 11.6. The number of esters is 1. The van der Waals surface area contributed by atoms with E-state index in [0.29, 0.717) is 5.82 Å². The molecule has 2 aromatic rings. The van der Waals surface area contributed by atoms with Gasteiger partial charge in [0.1, 0.15) is 11.6 Å². The number of aromatic nitrogens is 4. The molecule has 90 valence electrons. The molecule has 0 bridgehead atoms. The highest BCUT2D eigenvalue weighted by molar-refractivity contribution is 5.92. The Morgan fingerprint density at radius 3 is 3.00 bits per heavy atom. The summed E-state index contributed by atoms with van der Waals surface area (Å²) in [5.74, 6) is 0.338. The van der Waals surface area contributed by atoms with E-state index in [1.165, 1.54) is 0 Å². The normalized spacial score (nSPS) is 10.5. The first-order valence-electron chi connectivity index (χ1n) is 5.16. The molecule has 0 radical (unpaired) electrons. The standard InChI is InChI=1S/C10H13N5O2/c1-3-17-10(16)8-9(11)15(6(2)14-8)7-4-12-13-5-7/h4-5H,3,11H2,1-2H3,(H,12,13). The van der Waals surface area contributed by atoms with Crippen LogP contribution in [0.15, 0.2) is 12.4 Å². The van der Waals surface area contributed by atoms with Crippen molar-refractivity contribution in [1.82, 2.24) is 19.7 Å². The van der Waals surface area contributed by atoms with Crippen molar-refractivity contribution in [2.75, 3.05) is 12.3 Å². The summed E-state index contributed by atoms with van der Waals surface area (Å²) in [4.78, 5) is 15.7. The molecule has 0 fully saturated rings. The number of H-pyrrole nitrogens is 1. The molecule has 2 rings (SSSR count). The van der Waals surface area contributed by atoms with E-state index in [9.17, 15) is 4.79 Å². The lowest BCUT2D eigenvalue weighted by atomic mass is 10.4. The van der Waals surface area contributed by atoms with Gasteiger partial charge < -0.3 is 10.5 Å². The minimum Gasteiger partial charge on any atom is -0.461 e. The molecule has 0 spiro atoms. The third-order valence-corrected chi connectivity index (χ3v) is 2.29. The van der Waals surface area contributed by atoms with Gasteiger partial charge in [-0.15, -0.1) is 0 Å². The lowest BCUT2D eigenvalue weighted by molar-refractivity contribution is 0.0521. The van der Waals surface area contributed by atoms with Gasteiger partial charge >= 0.3 is 5.97 Å². The molecule has 0 amide bonds. The Kier molecular flexibility index (Phi) is 2.82. The first-order chi connectivity index (χ1) is 8.15. The number of nitrogens with two attached hydrogens (primary N) is 1. The predicted octanol–water partition coefficient (Wildman–Crippen LogP) is 0.663. The molecular formula is C10H13N5O2. The number of nitrogens with zero attached hydrogens (tertiary/aromatic N) is 3. The van der Waals surface area contributed by atoms with Crippen LogP contribution in [-0.2, 0) is 4.74 Å². The van der Waals surface area contributed by atoms with Crippen molar-refractivity contribution in [3.8, 4) is 5.69 Å². The molecule has 17 heavy (non-hydrogen) atoms. The summed E-state index contributed by atoms with van der Waals surface area (Å²) in [5.41, 5.74) is 6.74. The molecule has 0 aliphatic carbocycles. The average Bonchev–Trinajstić information content (AvgIpc) is 2.87. The number of anilines is 1. The van der Waals surface area contributed by atoms with E-state index in [1.54, 1.807) is 30.8 Å². The Morgan fingerprint density at radius 1 is 1.65 bits per heavy atom. The number of rotatable bonds is 3. The second-order valence-corrected chi connectivity index (χ2v) is 3.41. The molecule has 0 atom stereocenters. The molecule has 0 unspecified atom stereocenters. The summed E-state index contributed by atoms with van der Waals surface area (Å²) in [6.45, 7) is 3.77. The fourth-order valence-electron chi connectivity index (χ4n) is 1.59. The van der Waals surface area contributed by atoms with Gasteiger partial charge in [-0.25, -0.2) is 9.78 Å². The van der Waals surface area contributed by atoms with E-state index in [-0.39, 0.29) is 18.1 Å². The molecule has 0 aliphatic rings. The van der Waals surface area contributed by atoms with Gasteiger partial charge in [0.05, 0.1) is 18.5 Å². The van der Waals surface area contributed by atoms with E-state index in [0.717, 1.165) is 5.69 Å². The zero-order chi connectivity index (χ0) is 12.4. The first-order valence-corrected chi connectivity index (χ1v) is 5.16. The number of imidazole rings is 1. The topological polar surface area (TPSA) is 98.8 Å². The number of nitrogen functional groups attached to an aromatic ring is 1. The first kappa shape index (κ1) is 11.2. The number of hydrogen-bond donors (Lipinski definition) is 2. The van der Waals surface area contributed by atoms with Gasteiger partial charge in [0.2, 0.25) is 0 Å². The van der Waals surface area contributed by atoms with Gasteiger partial charge in [0, 0.05) is 6.20 Å². The molecule has 7 nitrogen and oxygen atoms in total. The highest BCUT2D eigenvalue weighted by atomic mass is 16.5. The highest BCUT2D eigenvalue weighted by Gasteiger charge is 2.20. The number of aryl methyl sites for hydroxylation is 1. The zero-order valence-electron chi connectivity index (χ0n) is 9.60. The second kappa shape index (κ2) is 4.28. The van der Waals surface area contributed by atoms with Crippen LogP contribution in [0.5, 0.6) is 0 Å². The molecule has 0 aliphatic heterocycles. The van der Waals surface area contributed by atoms with Crippen LogP contribution < -0.4 is 5.73 Å². The molecule has 2 heterocycles. The zero-order valence-corrected chi connectivity index (χ0v) is 9.60. The number of aromatic amines is 1. The van der Waals surface area contributed by atoms with E-state index < -0.39 is 5.97 Å². The molecule has 0 saturated carbocycles. The fraction of sp³-hybridized carbons (Fsp3) is 0.300. The quantitative estimate of drug-likeness (QED) is 0.761. The van der Waals surface area contributed by atoms with Crippen LogP contribution in [0.1, 0.15) is 23.2 Å². The van der Waals surface area contributed by atoms with Crippen molar-refractivity contribution in [2.45, 2.75) is 13.8 Å². The third-order valence-electron chi connectivity index (χ3n) is 2.29. The third kappa shape index (κ3) is 1.86. The van der Waals surface area contributed by atoms with Crippen LogP contribution in [-0.4, -0.2) is 32.3 Å². The Labute approximate surface area is 97.6 Å². The van der Waals surface area contributed by atoms with E-state index in [4.69, 9.17) is 10.5 Å². The molecule has 3 N–H and O–H groups in total. The maximum Gasteiger partial charge on any atom is 0.360 e. The summed E-state index contributed by atoms with van der Waals surface area (Å²) in [6.07, 6.45) is 3.26. The predicted molar refractivity (Wildman–Crippen MR) is 60.8 cm³/mol. The summed E-state index contributed by atoms with van der Waals surface area (Å²) >= 11 is 0. The summed E-state index contributed by atoms with van der Waals surface area (Å²) in [5, 5.41) is 6.50. The van der Waals surface area contributed by atoms with Crippen molar-refractivity contribution in [3.63, 3.8) is 0 Å². The van der Waals surface area contributed by atoms with Gasteiger partial charge in [-0.1, -0.05) is 0 Å². The highest BCUT2D eigenvalue weighted by Crippen LogP contribution is 2.20. The summed E-state index contributed by atoms with van der Waals surface area (Å²) in [7, 11) is 0. The second-order valence-electron chi connectivity index (χ2n) is 3.41. The van der Waals surface area contributed by atoms with Crippen LogP contribution in [0.3, 0.4) is 0 Å². The van der Waals surface area contributed by atoms with Gasteiger partial charge in [-0.2, -0.15) is 5.10 Å². The smallest absolute Gasteiger partial charge is 0.360 e. The Balaban J connectivity index is 2.46. The van der Waals surface area contributed by atoms with Crippen LogP contribution in [0.25, 0.3) is 5.69 Å². The SMILES string of the molecule is CCOC(=O)c1nc(C)n(-c2cn[nH]c2)c1N. The molecular weight excluding hydrogens is 222 g/mol. The number of hydrogen-bond acceptors (Lipinski definition) is 5. The lowest BCUT2D eigenvalue weighted by Crippen LogP contribution is -2.09. The summed E-state index contributed by atoms with van der Waals surface area (Å²) in [6, 6.07) is 0. The Bertz CT molecular complexity index is 529. The number of carbonyl (C=O) groups is 1. The molecule has 7 heteroatoms. The Morgan fingerprint density at radius 2 is 2.41 bits per heavy atom. The van der Waals surface area contributed by atoms with Crippen molar-refractivity contribution >= 4 is 11.8 Å². The number of ether oxygens (including phenoxy) is 1. The molecule has 0 saturated heterocycles. The van der Waals surface area contributed by atoms with Crippen LogP contribution >= 0.6 is 0 Å². The van der Waals surface area contributed by atoms with Gasteiger partial charge in [0.15, 0.2) is 5.69 Å². The number of nitrogens with one attached hydrogen (secondary N) is 1. The fourth-order valence-corrected chi connectivity index (χ4v) is 1.59. The molecule has 0 aromatic carbocycles. The van der Waals surface area contributed by atoms with Crippen LogP contribution in [0, 0.1) is 6.92 Å². The maximum atomic E-state index is 11.6. The minimum atomic E-state index is -0.518. The van der Waals surface area contributed by atoms with Gasteiger partial charge in [0.25, 0.3) is 0 Å². The van der Waals surface area contributed by atoms with E-state index in [1.807, 2.05) is 0 Å². The van der Waals surface area contributed by atoms with E-state index in [2.05, 4.69) is 15.2 Å². The van der Waals surface area contributed by atoms with Gasteiger partial charge in [-0.05, 0) is 13.8 Å². The van der Waals surface area contributed by atoms with Crippen molar-refractivity contribution in [3.05, 3.63) is 23.9 Å². The van der Waals surface area contributed by atoms with Crippen molar-refractivity contribution in [2.24, 2.45) is 0 Å². The van der Waals surface area contributed by atoms with Gasteiger partial charge in [-0.3, -0.25) is 9.67 Å². The Hall–Kier alpha value is -2.31. The average molecular weight is 235 g/mol. The number of carbonyl (C=O) groups excluding carboxylic acids is 1.